The van der Waals surface area contributed by atoms with E-state index in [-0.39, 0.29) is 18.1 Å². The highest BCUT2D eigenvalue weighted by Gasteiger charge is 2.41. The lowest BCUT2D eigenvalue weighted by Gasteiger charge is -2.10. The average molecular weight is 226 g/mol. The highest BCUT2D eigenvalue weighted by atomic mass is 16.8. The molecule has 0 aromatic heterocycles. The van der Waals surface area contributed by atoms with Gasteiger partial charge >= 0.3 is 0 Å². The molecule has 0 bridgehead atoms. The molecule has 1 aromatic rings. The van der Waals surface area contributed by atoms with Gasteiger partial charge in [0.2, 0.25) is 0 Å². The third-order valence-corrected chi connectivity index (χ3v) is 2.48. The number of rotatable bonds is 4. The number of aliphatic hydroxyl groups is 1. The number of aromatic hydroxyl groups is 1. The van der Waals surface area contributed by atoms with Crippen LogP contribution in [0.2, 0.25) is 0 Å². The van der Waals surface area contributed by atoms with Crippen LogP contribution in [0.3, 0.4) is 0 Å². The molecule has 1 fully saturated rings. The molecule has 3 unspecified atom stereocenters. The Morgan fingerprint density at radius 3 is 2.62 bits per heavy atom. The van der Waals surface area contributed by atoms with Crippen molar-refractivity contribution in [3.05, 3.63) is 29.3 Å². The topological polar surface area (TPSA) is 71.5 Å². The highest BCUT2D eigenvalue weighted by molar-refractivity contribution is 5.36. The zero-order valence-electron chi connectivity index (χ0n) is 9.08. The molecule has 3 atom stereocenters. The SMILES string of the molecule is COC(O)c1cc(O)cc(C2OC2OC)c1. The number of phenols is 1. The molecule has 1 aliphatic rings. The molecule has 0 spiro atoms. The van der Waals surface area contributed by atoms with Crippen LogP contribution in [0.15, 0.2) is 18.2 Å². The molecule has 5 heteroatoms. The van der Waals surface area contributed by atoms with Crippen LogP contribution in [0.1, 0.15) is 23.5 Å². The fourth-order valence-electron chi connectivity index (χ4n) is 1.62. The van der Waals surface area contributed by atoms with Crippen molar-refractivity contribution in [3.8, 4) is 5.75 Å². The van der Waals surface area contributed by atoms with Crippen LogP contribution in [0.25, 0.3) is 0 Å². The first-order valence-corrected chi connectivity index (χ1v) is 4.88. The molecule has 2 N–H and O–H groups in total. The molecular weight excluding hydrogens is 212 g/mol. The molecule has 16 heavy (non-hydrogen) atoms. The molecular formula is C11H14O5. The van der Waals surface area contributed by atoms with Crippen molar-refractivity contribution in [1.29, 1.82) is 0 Å². The van der Waals surface area contributed by atoms with Gasteiger partial charge in [0.25, 0.3) is 0 Å². The summed E-state index contributed by atoms with van der Waals surface area (Å²) in [5, 5.41) is 19.0. The summed E-state index contributed by atoms with van der Waals surface area (Å²) in [5.74, 6) is 0.0638. The third kappa shape index (κ3) is 2.17. The summed E-state index contributed by atoms with van der Waals surface area (Å²) in [6, 6.07) is 4.75. The van der Waals surface area contributed by atoms with Crippen LogP contribution in [0.4, 0.5) is 0 Å². The minimum Gasteiger partial charge on any atom is -0.508 e. The van der Waals surface area contributed by atoms with Gasteiger partial charge in [-0.05, 0) is 23.8 Å². The Hall–Kier alpha value is -1.14. The van der Waals surface area contributed by atoms with E-state index in [0.717, 1.165) is 5.56 Å². The first-order chi connectivity index (χ1) is 7.65. The summed E-state index contributed by atoms with van der Waals surface area (Å²) in [7, 11) is 2.94. The number of epoxide rings is 1. The van der Waals surface area contributed by atoms with Crippen LogP contribution < -0.4 is 0 Å². The van der Waals surface area contributed by atoms with Gasteiger partial charge < -0.3 is 24.4 Å². The lowest BCUT2D eigenvalue weighted by atomic mass is 10.1. The van der Waals surface area contributed by atoms with Gasteiger partial charge in [-0.2, -0.15) is 0 Å². The summed E-state index contributed by atoms with van der Waals surface area (Å²) in [4.78, 5) is 0. The van der Waals surface area contributed by atoms with Gasteiger partial charge in [0.15, 0.2) is 12.6 Å². The van der Waals surface area contributed by atoms with Crippen molar-refractivity contribution < 1.29 is 24.4 Å². The first-order valence-electron chi connectivity index (χ1n) is 4.88. The molecule has 1 heterocycles. The predicted molar refractivity (Wildman–Crippen MR) is 54.7 cm³/mol. The summed E-state index contributed by atoms with van der Waals surface area (Å²) in [5.41, 5.74) is 1.25. The minimum atomic E-state index is -1.05. The normalized spacial score (nSPS) is 25.4. The predicted octanol–water partition coefficient (Wildman–Crippen LogP) is 1.07. The maximum atomic E-state index is 9.51. The summed E-state index contributed by atoms with van der Waals surface area (Å²) >= 11 is 0. The van der Waals surface area contributed by atoms with Gasteiger partial charge in [0.1, 0.15) is 11.9 Å². The molecule has 0 radical (unpaired) electrons. The summed E-state index contributed by atoms with van der Waals surface area (Å²) < 4.78 is 15.0. The Morgan fingerprint density at radius 1 is 1.31 bits per heavy atom. The Labute approximate surface area is 93.2 Å². The number of benzene rings is 1. The van der Waals surface area contributed by atoms with Crippen LogP contribution in [0, 0.1) is 0 Å². The summed E-state index contributed by atoms with van der Waals surface area (Å²) in [6.45, 7) is 0. The zero-order valence-corrected chi connectivity index (χ0v) is 9.08. The van der Waals surface area contributed by atoms with Crippen molar-refractivity contribution in [2.24, 2.45) is 0 Å². The Morgan fingerprint density at radius 2 is 2.06 bits per heavy atom. The monoisotopic (exact) mass is 226 g/mol. The molecule has 88 valence electrons. The van der Waals surface area contributed by atoms with Crippen LogP contribution in [-0.2, 0) is 14.2 Å². The van der Waals surface area contributed by atoms with Gasteiger partial charge in [0, 0.05) is 19.8 Å². The number of hydrogen-bond acceptors (Lipinski definition) is 5. The van der Waals surface area contributed by atoms with E-state index in [0.29, 0.717) is 5.56 Å². The smallest absolute Gasteiger partial charge is 0.188 e. The first kappa shape index (κ1) is 11.3. The van der Waals surface area contributed by atoms with Crippen molar-refractivity contribution >= 4 is 0 Å². The fourth-order valence-corrected chi connectivity index (χ4v) is 1.62. The summed E-state index contributed by atoms with van der Waals surface area (Å²) in [6.07, 6.45) is -1.50. The average Bonchev–Trinajstić information content (AvgIpc) is 3.06. The van der Waals surface area contributed by atoms with E-state index in [1.807, 2.05) is 0 Å². The van der Waals surface area contributed by atoms with Crippen molar-refractivity contribution in [2.75, 3.05) is 14.2 Å². The second kappa shape index (κ2) is 4.39. The van der Waals surface area contributed by atoms with Gasteiger partial charge in [0.05, 0.1) is 0 Å². The van der Waals surface area contributed by atoms with E-state index in [2.05, 4.69) is 0 Å². The Bertz CT molecular complexity index is 379. The lowest BCUT2D eigenvalue weighted by molar-refractivity contribution is -0.0770. The fraction of sp³-hybridized carbons (Fsp3) is 0.455. The van der Waals surface area contributed by atoms with E-state index >= 15 is 0 Å². The molecule has 1 saturated heterocycles. The van der Waals surface area contributed by atoms with Gasteiger partial charge in [-0.25, -0.2) is 0 Å². The van der Waals surface area contributed by atoms with Crippen molar-refractivity contribution in [2.45, 2.75) is 18.7 Å². The molecule has 2 rings (SSSR count). The number of phenolic OH excluding ortho intramolecular Hbond substituents is 1. The number of methoxy groups -OCH3 is 2. The largest absolute Gasteiger partial charge is 0.508 e. The zero-order chi connectivity index (χ0) is 11.7. The molecule has 5 nitrogen and oxygen atoms in total. The quantitative estimate of drug-likeness (QED) is 0.593. The molecule has 0 saturated carbocycles. The molecule has 0 aliphatic carbocycles. The number of aliphatic hydroxyl groups excluding tert-OH is 1. The maximum absolute atomic E-state index is 9.51. The van der Waals surface area contributed by atoms with E-state index in [1.165, 1.54) is 13.2 Å². The Kier molecular flexibility index (Phi) is 3.11. The second-order valence-corrected chi connectivity index (χ2v) is 3.61. The van der Waals surface area contributed by atoms with E-state index in [4.69, 9.17) is 14.2 Å². The van der Waals surface area contributed by atoms with Crippen molar-refractivity contribution in [1.82, 2.24) is 0 Å². The van der Waals surface area contributed by atoms with E-state index < -0.39 is 6.29 Å². The number of hydrogen-bond donors (Lipinski definition) is 2. The standard InChI is InChI=1S/C11H14O5/c1-14-10(13)7-3-6(4-8(12)5-7)9-11(15-2)16-9/h3-5,9-13H,1-2H3. The van der Waals surface area contributed by atoms with Crippen molar-refractivity contribution in [3.63, 3.8) is 0 Å². The molecule has 1 aliphatic heterocycles. The van der Waals surface area contributed by atoms with E-state index in [9.17, 15) is 10.2 Å². The van der Waals surface area contributed by atoms with Crippen LogP contribution in [-0.4, -0.2) is 30.7 Å². The Balaban J connectivity index is 2.23. The molecule has 1 aromatic carbocycles. The molecule has 0 amide bonds. The van der Waals surface area contributed by atoms with E-state index in [1.54, 1.807) is 19.2 Å². The van der Waals surface area contributed by atoms with Crippen LogP contribution >= 0.6 is 0 Å². The van der Waals surface area contributed by atoms with Gasteiger partial charge in [-0.3, -0.25) is 0 Å². The number of ether oxygens (including phenoxy) is 3. The third-order valence-electron chi connectivity index (χ3n) is 2.48. The lowest BCUT2D eigenvalue weighted by Crippen LogP contribution is -2.00. The maximum Gasteiger partial charge on any atom is 0.188 e. The second-order valence-electron chi connectivity index (χ2n) is 3.61. The van der Waals surface area contributed by atoms with Gasteiger partial charge in [-0.15, -0.1) is 0 Å². The highest BCUT2D eigenvalue weighted by Crippen LogP contribution is 2.40. The van der Waals surface area contributed by atoms with Crippen LogP contribution in [0.5, 0.6) is 5.75 Å². The van der Waals surface area contributed by atoms with Gasteiger partial charge in [-0.1, -0.05) is 0 Å². The minimum absolute atomic E-state index is 0.0638.